The van der Waals surface area contributed by atoms with Crippen molar-refractivity contribution < 1.29 is 18.7 Å². The van der Waals surface area contributed by atoms with E-state index >= 15 is 0 Å². The van der Waals surface area contributed by atoms with E-state index in [0.717, 1.165) is 12.1 Å². The zero-order valence-electron chi connectivity index (χ0n) is 8.67. The second-order valence-electron chi connectivity index (χ2n) is 3.30. The summed E-state index contributed by atoms with van der Waals surface area (Å²) in [4.78, 5) is 11.3. The Bertz CT molecular complexity index is 349. The third-order valence-corrected chi connectivity index (χ3v) is 2.06. The summed E-state index contributed by atoms with van der Waals surface area (Å²) in [5.41, 5.74) is -0.232. The van der Waals surface area contributed by atoms with Gasteiger partial charge in [-0.15, -0.1) is 0 Å². The van der Waals surface area contributed by atoms with Gasteiger partial charge in [0.15, 0.2) is 0 Å². The second-order valence-corrected chi connectivity index (χ2v) is 3.30. The van der Waals surface area contributed by atoms with Crippen LogP contribution in [-0.4, -0.2) is 24.2 Å². The van der Waals surface area contributed by atoms with Gasteiger partial charge >= 0.3 is 0 Å². The van der Waals surface area contributed by atoms with E-state index in [4.69, 9.17) is 5.11 Å². The summed E-state index contributed by atoms with van der Waals surface area (Å²) >= 11 is 0. The molecule has 1 aromatic rings. The molecule has 0 bridgehead atoms. The fraction of sp³-hybridized carbons (Fsp3) is 0.364. The van der Waals surface area contributed by atoms with Gasteiger partial charge in [-0.2, -0.15) is 0 Å². The second kappa shape index (κ2) is 6.17. The number of hydrogen-bond donors (Lipinski definition) is 2. The highest BCUT2D eigenvalue weighted by Crippen LogP contribution is 2.12. The molecule has 0 unspecified atom stereocenters. The third kappa shape index (κ3) is 3.58. The lowest BCUT2D eigenvalue weighted by molar-refractivity contribution is -0.120. The lowest BCUT2D eigenvalue weighted by Gasteiger charge is -2.05. The average molecular weight is 229 g/mol. The largest absolute Gasteiger partial charge is 0.396 e. The standard InChI is InChI=1S/C11H13F2NO2/c12-9-3-1-4-10(13)8(9)7-11(16)14-5-2-6-15/h1,3-4,15H,2,5-7H2,(H,14,16). The van der Waals surface area contributed by atoms with Crippen molar-refractivity contribution in [3.8, 4) is 0 Å². The molecule has 0 aliphatic rings. The summed E-state index contributed by atoms with van der Waals surface area (Å²) in [6, 6.07) is 3.47. The number of carbonyl (C=O) groups excluding carboxylic acids is 1. The summed E-state index contributed by atoms with van der Waals surface area (Å²) in [5.74, 6) is -1.91. The third-order valence-electron chi connectivity index (χ3n) is 2.06. The van der Waals surface area contributed by atoms with Gasteiger partial charge in [0, 0.05) is 18.7 Å². The predicted molar refractivity (Wildman–Crippen MR) is 54.8 cm³/mol. The number of halogens is 2. The van der Waals surface area contributed by atoms with Crippen LogP contribution in [-0.2, 0) is 11.2 Å². The van der Waals surface area contributed by atoms with Gasteiger partial charge in [0.2, 0.25) is 5.91 Å². The number of benzene rings is 1. The van der Waals surface area contributed by atoms with E-state index in [0.29, 0.717) is 13.0 Å². The summed E-state index contributed by atoms with van der Waals surface area (Å²) in [7, 11) is 0. The maximum Gasteiger partial charge on any atom is 0.224 e. The normalized spacial score (nSPS) is 10.2. The average Bonchev–Trinajstić information content (AvgIpc) is 2.24. The van der Waals surface area contributed by atoms with Crippen LogP contribution in [0.25, 0.3) is 0 Å². The number of rotatable bonds is 5. The molecule has 0 heterocycles. The SMILES string of the molecule is O=C(Cc1c(F)cccc1F)NCCCO. The molecular weight excluding hydrogens is 216 g/mol. The van der Waals surface area contributed by atoms with Gasteiger partial charge in [-0.1, -0.05) is 6.07 Å². The van der Waals surface area contributed by atoms with Crippen LogP contribution < -0.4 is 5.32 Å². The van der Waals surface area contributed by atoms with E-state index in [-0.39, 0.29) is 18.6 Å². The van der Waals surface area contributed by atoms with Gasteiger partial charge < -0.3 is 10.4 Å². The zero-order valence-corrected chi connectivity index (χ0v) is 8.67. The van der Waals surface area contributed by atoms with Crippen LogP contribution in [0, 0.1) is 11.6 Å². The first-order chi connectivity index (χ1) is 7.65. The number of aliphatic hydroxyl groups is 1. The van der Waals surface area contributed by atoms with E-state index in [1.165, 1.54) is 6.07 Å². The summed E-state index contributed by atoms with van der Waals surface area (Å²) in [6.45, 7) is 0.264. The number of amides is 1. The predicted octanol–water partition coefficient (Wildman–Crippen LogP) is 1.01. The highest BCUT2D eigenvalue weighted by Gasteiger charge is 2.12. The van der Waals surface area contributed by atoms with E-state index < -0.39 is 17.5 Å². The topological polar surface area (TPSA) is 49.3 Å². The van der Waals surface area contributed by atoms with Gasteiger partial charge in [-0.3, -0.25) is 4.79 Å². The van der Waals surface area contributed by atoms with Crippen LogP contribution in [0.3, 0.4) is 0 Å². The lowest BCUT2D eigenvalue weighted by Crippen LogP contribution is -2.27. The summed E-state index contributed by atoms with van der Waals surface area (Å²) in [5, 5.41) is 10.9. The van der Waals surface area contributed by atoms with Crippen LogP contribution in [0.4, 0.5) is 8.78 Å². The van der Waals surface area contributed by atoms with Gasteiger partial charge in [-0.05, 0) is 18.6 Å². The van der Waals surface area contributed by atoms with Crippen LogP contribution in [0.1, 0.15) is 12.0 Å². The first-order valence-electron chi connectivity index (χ1n) is 4.95. The molecule has 0 aliphatic carbocycles. The zero-order chi connectivity index (χ0) is 12.0. The van der Waals surface area contributed by atoms with Crippen molar-refractivity contribution in [3.63, 3.8) is 0 Å². The molecule has 5 heteroatoms. The minimum atomic E-state index is -0.725. The minimum Gasteiger partial charge on any atom is -0.396 e. The molecule has 0 atom stereocenters. The maximum atomic E-state index is 13.1. The molecule has 2 N–H and O–H groups in total. The Morgan fingerprint density at radius 3 is 2.50 bits per heavy atom. The van der Waals surface area contributed by atoms with E-state index in [1.54, 1.807) is 0 Å². The van der Waals surface area contributed by atoms with Crippen LogP contribution in [0.5, 0.6) is 0 Å². The van der Waals surface area contributed by atoms with Crippen molar-refractivity contribution in [1.29, 1.82) is 0 Å². The Kier molecular flexibility index (Phi) is 4.85. The Hall–Kier alpha value is -1.49. The Labute approximate surface area is 92.1 Å². The van der Waals surface area contributed by atoms with Crippen molar-refractivity contribution in [2.75, 3.05) is 13.2 Å². The van der Waals surface area contributed by atoms with Gasteiger partial charge in [0.05, 0.1) is 6.42 Å². The Morgan fingerprint density at radius 2 is 1.94 bits per heavy atom. The van der Waals surface area contributed by atoms with E-state index in [2.05, 4.69) is 5.32 Å². The van der Waals surface area contributed by atoms with Crippen LogP contribution in [0.2, 0.25) is 0 Å². The number of hydrogen-bond acceptors (Lipinski definition) is 2. The van der Waals surface area contributed by atoms with Crippen molar-refractivity contribution >= 4 is 5.91 Å². The lowest BCUT2D eigenvalue weighted by atomic mass is 10.1. The maximum absolute atomic E-state index is 13.1. The molecule has 0 saturated heterocycles. The Balaban J connectivity index is 2.56. The first kappa shape index (κ1) is 12.6. The molecule has 0 spiro atoms. The molecule has 3 nitrogen and oxygen atoms in total. The number of nitrogens with one attached hydrogen (secondary N) is 1. The molecule has 1 amide bonds. The van der Waals surface area contributed by atoms with Crippen molar-refractivity contribution in [2.45, 2.75) is 12.8 Å². The van der Waals surface area contributed by atoms with Gasteiger partial charge in [0.25, 0.3) is 0 Å². The fourth-order valence-electron chi connectivity index (χ4n) is 1.23. The molecule has 88 valence electrons. The molecule has 0 radical (unpaired) electrons. The van der Waals surface area contributed by atoms with Gasteiger partial charge in [0.1, 0.15) is 11.6 Å². The van der Waals surface area contributed by atoms with Crippen LogP contribution >= 0.6 is 0 Å². The molecular formula is C11H13F2NO2. The Morgan fingerprint density at radius 1 is 1.31 bits per heavy atom. The van der Waals surface area contributed by atoms with E-state index in [1.807, 2.05) is 0 Å². The van der Waals surface area contributed by atoms with Crippen molar-refractivity contribution in [2.24, 2.45) is 0 Å². The van der Waals surface area contributed by atoms with Crippen molar-refractivity contribution in [1.82, 2.24) is 5.32 Å². The molecule has 0 saturated carbocycles. The summed E-state index contributed by atoms with van der Waals surface area (Å²) in [6.07, 6.45) is 0.0927. The monoisotopic (exact) mass is 229 g/mol. The molecule has 0 aromatic heterocycles. The first-order valence-corrected chi connectivity index (χ1v) is 4.95. The van der Waals surface area contributed by atoms with E-state index in [9.17, 15) is 13.6 Å². The number of carbonyl (C=O) groups is 1. The fourth-order valence-corrected chi connectivity index (χ4v) is 1.23. The highest BCUT2D eigenvalue weighted by atomic mass is 19.1. The molecule has 1 aromatic carbocycles. The molecule has 0 aliphatic heterocycles. The summed E-state index contributed by atoms with van der Waals surface area (Å²) < 4.78 is 26.3. The smallest absolute Gasteiger partial charge is 0.224 e. The van der Waals surface area contributed by atoms with Crippen molar-refractivity contribution in [3.05, 3.63) is 35.4 Å². The molecule has 16 heavy (non-hydrogen) atoms. The van der Waals surface area contributed by atoms with Crippen LogP contribution in [0.15, 0.2) is 18.2 Å². The quantitative estimate of drug-likeness (QED) is 0.740. The molecule has 0 fully saturated rings. The minimum absolute atomic E-state index is 0.0334. The number of aliphatic hydroxyl groups excluding tert-OH is 1. The van der Waals surface area contributed by atoms with Gasteiger partial charge in [-0.25, -0.2) is 8.78 Å². The highest BCUT2D eigenvalue weighted by molar-refractivity contribution is 5.78. The molecule has 1 rings (SSSR count).